The van der Waals surface area contributed by atoms with E-state index in [1.807, 2.05) is 0 Å². The second kappa shape index (κ2) is 5.18. The van der Waals surface area contributed by atoms with Crippen molar-refractivity contribution in [2.24, 2.45) is 34.5 Å². The largest absolute Gasteiger partial charge is 0.393 e. The number of aliphatic hydroxyl groups is 1. The molecule has 1 N–H and O–H groups in total. The number of fused-ring (bicyclic) bond motifs is 5. The van der Waals surface area contributed by atoms with Crippen LogP contribution in [-0.4, -0.2) is 17.5 Å². The summed E-state index contributed by atoms with van der Waals surface area (Å²) in [4.78, 5) is 11.5. The second-order valence-electron chi connectivity index (χ2n) is 9.51. The van der Waals surface area contributed by atoms with Crippen molar-refractivity contribution in [1.29, 1.82) is 0 Å². The fourth-order valence-corrected chi connectivity index (χ4v) is 7.29. The fourth-order valence-electron chi connectivity index (χ4n) is 7.29. The second-order valence-corrected chi connectivity index (χ2v) is 9.51. The van der Waals surface area contributed by atoms with Gasteiger partial charge in [0.15, 0.2) is 0 Å². The van der Waals surface area contributed by atoms with Crippen LogP contribution in [0, 0.1) is 34.5 Å². The summed E-state index contributed by atoms with van der Waals surface area (Å²) in [5.41, 5.74) is 3.20. The Balaban J connectivity index is 1.64. The third kappa shape index (κ3) is 2.06. The number of rotatable bonds is 1. The first-order valence-electron chi connectivity index (χ1n) is 9.73. The summed E-state index contributed by atoms with van der Waals surface area (Å²) < 4.78 is 0. The Morgan fingerprint density at radius 1 is 1.09 bits per heavy atom. The molecule has 0 aromatic rings. The van der Waals surface area contributed by atoms with Crippen LogP contribution in [0.5, 0.6) is 0 Å². The van der Waals surface area contributed by atoms with Crippen molar-refractivity contribution in [1.82, 2.24) is 0 Å². The molecule has 4 aliphatic rings. The molecule has 0 radical (unpaired) electrons. The van der Waals surface area contributed by atoms with Gasteiger partial charge in [0.1, 0.15) is 6.29 Å². The van der Waals surface area contributed by atoms with Crippen LogP contribution in [0.3, 0.4) is 0 Å². The van der Waals surface area contributed by atoms with E-state index in [0.29, 0.717) is 11.3 Å². The molecular weight excluding hydrogens is 284 g/mol. The highest BCUT2D eigenvalue weighted by atomic mass is 16.3. The van der Waals surface area contributed by atoms with Gasteiger partial charge in [0.25, 0.3) is 0 Å². The number of aldehydes is 1. The molecule has 0 saturated heterocycles. The molecule has 0 unspecified atom stereocenters. The van der Waals surface area contributed by atoms with Crippen molar-refractivity contribution in [3.05, 3.63) is 11.1 Å². The third-order valence-electron chi connectivity index (χ3n) is 8.95. The molecule has 3 saturated carbocycles. The molecule has 2 nitrogen and oxygen atoms in total. The first-order valence-corrected chi connectivity index (χ1v) is 9.73. The molecule has 0 aliphatic heterocycles. The first kappa shape index (κ1) is 15.9. The highest BCUT2D eigenvalue weighted by Crippen LogP contribution is 2.66. The van der Waals surface area contributed by atoms with Gasteiger partial charge in [-0.25, -0.2) is 0 Å². The van der Waals surface area contributed by atoms with Gasteiger partial charge in [0.05, 0.1) is 6.10 Å². The molecule has 0 heterocycles. The van der Waals surface area contributed by atoms with Gasteiger partial charge in [-0.05, 0) is 98.4 Å². The van der Waals surface area contributed by atoms with Crippen molar-refractivity contribution in [2.45, 2.75) is 78.2 Å². The van der Waals surface area contributed by atoms with Crippen LogP contribution in [0.15, 0.2) is 11.1 Å². The van der Waals surface area contributed by atoms with Crippen molar-refractivity contribution in [3.8, 4) is 0 Å². The molecule has 7 atom stereocenters. The number of allylic oxidation sites excluding steroid dienone is 2. The summed E-state index contributed by atoms with van der Waals surface area (Å²) in [6.07, 6.45) is 10.5. The van der Waals surface area contributed by atoms with E-state index in [0.717, 1.165) is 48.9 Å². The molecule has 0 aromatic heterocycles. The van der Waals surface area contributed by atoms with Gasteiger partial charge in [0, 0.05) is 0 Å². The van der Waals surface area contributed by atoms with Crippen LogP contribution in [0.2, 0.25) is 0 Å². The van der Waals surface area contributed by atoms with Crippen LogP contribution < -0.4 is 0 Å². The summed E-state index contributed by atoms with van der Waals surface area (Å²) >= 11 is 0. The average Bonchev–Trinajstić information content (AvgIpc) is 2.79. The Morgan fingerprint density at radius 3 is 2.61 bits per heavy atom. The SMILES string of the molecule is CC1=C(C=O)C[C@H]2[C@@H]3CC[C@H]4C[C@@H](O)CC[C@]4(C)[C@H]3CC[C@]12C. The highest BCUT2D eigenvalue weighted by Gasteiger charge is 2.58. The molecular formula is C21H32O2. The fraction of sp³-hybridized carbons (Fsp3) is 0.857. The molecule has 23 heavy (non-hydrogen) atoms. The minimum Gasteiger partial charge on any atom is -0.393 e. The maximum Gasteiger partial charge on any atom is 0.145 e. The number of carbonyl (C=O) groups is 1. The van der Waals surface area contributed by atoms with Crippen LogP contribution in [0.1, 0.15) is 72.1 Å². The molecule has 4 rings (SSSR count). The average molecular weight is 316 g/mol. The topological polar surface area (TPSA) is 37.3 Å². The summed E-state index contributed by atoms with van der Waals surface area (Å²) in [6, 6.07) is 0. The van der Waals surface area contributed by atoms with E-state index >= 15 is 0 Å². The molecule has 128 valence electrons. The van der Waals surface area contributed by atoms with E-state index in [1.54, 1.807) is 0 Å². The lowest BCUT2D eigenvalue weighted by atomic mass is 9.45. The Bertz CT molecular complexity index is 550. The number of hydrogen-bond donors (Lipinski definition) is 1. The van der Waals surface area contributed by atoms with Crippen LogP contribution in [0.25, 0.3) is 0 Å². The number of hydrogen-bond acceptors (Lipinski definition) is 2. The van der Waals surface area contributed by atoms with E-state index in [1.165, 1.54) is 37.7 Å². The van der Waals surface area contributed by atoms with Gasteiger partial charge in [-0.2, -0.15) is 0 Å². The van der Waals surface area contributed by atoms with E-state index in [-0.39, 0.29) is 11.5 Å². The normalized spacial score (nSPS) is 52.6. The Morgan fingerprint density at radius 2 is 1.87 bits per heavy atom. The van der Waals surface area contributed by atoms with Gasteiger partial charge in [0.2, 0.25) is 0 Å². The van der Waals surface area contributed by atoms with Crippen LogP contribution >= 0.6 is 0 Å². The summed E-state index contributed by atoms with van der Waals surface area (Å²) in [5.74, 6) is 3.01. The van der Waals surface area contributed by atoms with E-state index in [4.69, 9.17) is 0 Å². The minimum absolute atomic E-state index is 0.0597. The quantitative estimate of drug-likeness (QED) is 0.722. The molecule has 3 fully saturated rings. The van der Waals surface area contributed by atoms with Crippen LogP contribution in [-0.2, 0) is 4.79 Å². The predicted molar refractivity (Wildman–Crippen MR) is 91.9 cm³/mol. The minimum atomic E-state index is -0.0597. The Labute approximate surface area is 140 Å². The van der Waals surface area contributed by atoms with Crippen molar-refractivity contribution >= 4 is 6.29 Å². The van der Waals surface area contributed by atoms with E-state index in [9.17, 15) is 9.90 Å². The zero-order valence-electron chi connectivity index (χ0n) is 15.0. The van der Waals surface area contributed by atoms with Gasteiger partial charge < -0.3 is 5.11 Å². The maximum atomic E-state index is 11.5. The van der Waals surface area contributed by atoms with E-state index < -0.39 is 0 Å². The third-order valence-corrected chi connectivity index (χ3v) is 8.95. The Kier molecular flexibility index (Phi) is 3.58. The molecule has 0 bridgehead atoms. The molecule has 0 amide bonds. The van der Waals surface area contributed by atoms with Crippen molar-refractivity contribution in [3.63, 3.8) is 0 Å². The lowest BCUT2D eigenvalue weighted by Crippen LogP contribution is -2.53. The zero-order chi connectivity index (χ0) is 16.4. The van der Waals surface area contributed by atoms with Gasteiger partial charge in [-0.1, -0.05) is 19.4 Å². The van der Waals surface area contributed by atoms with Crippen molar-refractivity contribution < 1.29 is 9.90 Å². The lowest BCUT2D eigenvalue weighted by molar-refractivity contribution is -0.118. The van der Waals surface area contributed by atoms with Gasteiger partial charge in [-0.3, -0.25) is 4.79 Å². The van der Waals surface area contributed by atoms with Gasteiger partial charge >= 0.3 is 0 Å². The molecule has 0 spiro atoms. The first-order chi connectivity index (χ1) is 10.9. The predicted octanol–water partition coefficient (Wildman–Crippen LogP) is 4.52. The number of carbonyl (C=O) groups excluding carboxylic acids is 1. The summed E-state index contributed by atoms with van der Waals surface area (Å²) in [6.45, 7) is 7.17. The highest BCUT2D eigenvalue weighted by molar-refractivity contribution is 5.76. The van der Waals surface area contributed by atoms with Gasteiger partial charge in [-0.15, -0.1) is 0 Å². The maximum absolute atomic E-state index is 11.5. The summed E-state index contributed by atoms with van der Waals surface area (Å²) in [5, 5.41) is 10.1. The smallest absolute Gasteiger partial charge is 0.145 e. The standard InChI is InChI=1S/C21H32O2/c1-13-14(12-22)10-19-17-5-4-15-11-16(23)6-8-21(15,3)18(17)7-9-20(13,19)2/h12,15-19,23H,4-11H2,1-3H3/t15-,16-,17+,18-,19-,20+,21-/m0/s1. The zero-order valence-corrected chi connectivity index (χ0v) is 15.0. The molecule has 0 aromatic carbocycles. The Hall–Kier alpha value is -0.630. The number of aliphatic hydroxyl groups excluding tert-OH is 1. The molecule has 2 heteroatoms. The van der Waals surface area contributed by atoms with E-state index in [2.05, 4.69) is 20.8 Å². The van der Waals surface area contributed by atoms with Crippen molar-refractivity contribution in [2.75, 3.05) is 0 Å². The monoisotopic (exact) mass is 316 g/mol. The molecule has 4 aliphatic carbocycles. The summed E-state index contributed by atoms with van der Waals surface area (Å²) in [7, 11) is 0. The lowest BCUT2D eigenvalue weighted by Gasteiger charge is -2.60. The van der Waals surface area contributed by atoms with Crippen LogP contribution in [0.4, 0.5) is 0 Å².